The summed E-state index contributed by atoms with van der Waals surface area (Å²) >= 11 is 0. The molecule has 0 saturated heterocycles. The van der Waals surface area contributed by atoms with Gasteiger partial charge in [0.25, 0.3) is 5.91 Å². The van der Waals surface area contributed by atoms with Gasteiger partial charge in [0.2, 0.25) is 6.10 Å². The Bertz CT molecular complexity index is 729. The second kappa shape index (κ2) is 7.16. The maximum absolute atomic E-state index is 12.7. The lowest BCUT2D eigenvalue weighted by atomic mass is 10.1. The van der Waals surface area contributed by atoms with Gasteiger partial charge in [0.1, 0.15) is 0 Å². The molecule has 0 bridgehead atoms. The molecule has 0 aliphatic rings. The normalized spacial score (nSPS) is 12.5. The lowest BCUT2D eigenvalue weighted by Crippen LogP contribution is -2.26. The molecule has 0 spiro atoms. The van der Waals surface area contributed by atoms with Crippen LogP contribution in [0.3, 0.4) is 0 Å². The number of esters is 1. The summed E-state index contributed by atoms with van der Waals surface area (Å²) < 4.78 is 43.0. The third kappa shape index (κ3) is 4.58. The van der Waals surface area contributed by atoms with Crippen LogP contribution in [0.5, 0.6) is 0 Å². The Morgan fingerprint density at radius 3 is 2.29 bits per heavy atom. The van der Waals surface area contributed by atoms with Gasteiger partial charge in [0.05, 0.1) is 12.0 Å². The van der Waals surface area contributed by atoms with Crippen LogP contribution in [0.25, 0.3) is 0 Å². The van der Waals surface area contributed by atoms with Gasteiger partial charge in [-0.15, -0.1) is 0 Å². The highest BCUT2D eigenvalue weighted by Crippen LogP contribution is 2.29. The zero-order valence-corrected chi connectivity index (χ0v) is 12.4. The highest BCUT2D eigenvalue weighted by molar-refractivity contribution is 5.84. The van der Waals surface area contributed by atoms with Crippen LogP contribution in [0.15, 0.2) is 54.6 Å². The number of ether oxygens (including phenoxy) is 1. The second-order valence-corrected chi connectivity index (χ2v) is 5.06. The number of benzene rings is 2. The van der Waals surface area contributed by atoms with E-state index in [2.05, 4.69) is 0 Å². The first-order valence-corrected chi connectivity index (χ1v) is 6.97. The predicted molar refractivity (Wildman–Crippen MR) is 79.6 cm³/mol. The van der Waals surface area contributed by atoms with Gasteiger partial charge in [0.15, 0.2) is 0 Å². The van der Waals surface area contributed by atoms with E-state index in [1.165, 1.54) is 12.1 Å². The van der Waals surface area contributed by atoms with Crippen LogP contribution in [-0.4, -0.2) is 11.9 Å². The molecule has 1 unspecified atom stereocenters. The van der Waals surface area contributed by atoms with Gasteiger partial charge in [-0.05, 0) is 11.6 Å². The summed E-state index contributed by atoms with van der Waals surface area (Å²) in [7, 11) is 0. The molecule has 0 aromatic heterocycles. The molecule has 0 aliphatic carbocycles. The van der Waals surface area contributed by atoms with Gasteiger partial charge < -0.3 is 10.5 Å². The van der Waals surface area contributed by atoms with Crippen molar-refractivity contribution in [1.29, 1.82) is 0 Å². The van der Waals surface area contributed by atoms with Crippen molar-refractivity contribution in [3.8, 4) is 0 Å². The summed E-state index contributed by atoms with van der Waals surface area (Å²) in [5.41, 5.74) is 4.89. The Morgan fingerprint density at radius 1 is 1.04 bits per heavy atom. The maximum Gasteiger partial charge on any atom is 0.416 e. The summed E-state index contributed by atoms with van der Waals surface area (Å²) in [5, 5.41) is 0. The molecule has 2 rings (SSSR count). The van der Waals surface area contributed by atoms with E-state index in [1.54, 1.807) is 30.3 Å². The number of hydrogen-bond acceptors (Lipinski definition) is 3. The molecular formula is C17H14F3NO3. The van der Waals surface area contributed by atoms with Crippen LogP contribution in [0, 0.1) is 0 Å². The van der Waals surface area contributed by atoms with Gasteiger partial charge in [-0.1, -0.05) is 48.5 Å². The number of carbonyl (C=O) groups is 2. The Labute approximate surface area is 136 Å². The fourth-order valence-corrected chi connectivity index (χ4v) is 2.12. The molecule has 0 radical (unpaired) electrons. The minimum Gasteiger partial charge on any atom is -0.447 e. The van der Waals surface area contributed by atoms with E-state index in [1.807, 2.05) is 0 Å². The highest BCUT2D eigenvalue weighted by Gasteiger charge is 2.30. The zero-order valence-electron chi connectivity index (χ0n) is 12.4. The minimum atomic E-state index is -4.50. The zero-order chi connectivity index (χ0) is 17.7. The third-order valence-electron chi connectivity index (χ3n) is 3.21. The third-order valence-corrected chi connectivity index (χ3v) is 3.21. The van der Waals surface area contributed by atoms with Crippen molar-refractivity contribution in [1.82, 2.24) is 0 Å². The van der Waals surface area contributed by atoms with Crippen LogP contribution in [0.4, 0.5) is 13.2 Å². The molecule has 0 heterocycles. The van der Waals surface area contributed by atoms with E-state index in [9.17, 15) is 22.8 Å². The summed E-state index contributed by atoms with van der Waals surface area (Å²) in [6, 6.07) is 12.5. The van der Waals surface area contributed by atoms with E-state index in [4.69, 9.17) is 10.5 Å². The molecule has 2 aromatic rings. The molecule has 0 aliphatic heterocycles. The van der Waals surface area contributed by atoms with E-state index < -0.39 is 36.1 Å². The van der Waals surface area contributed by atoms with Gasteiger partial charge in [-0.2, -0.15) is 13.2 Å². The monoisotopic (exact) mass is 337 g/mol. The molecule has 2 N–H and O–H groups in total. The Balaban J connectivity index is 2.11. The molecule has 2 aromatic carbocycles. The molecule has 4 nitrogen and oxygen atoms in total. The van der Waals surface area contributed by atoms with Gasteiger partial charge in [-0.25, -0.2) is 0 Å². The first-order valence-electron chi connectivity index (χ1n) is 6.97. The Kier molecular flexibility index (Phi) is 5.23. The number of amides is 1. The number of hydrogen-bond donors (Lipinski definition) is 1. The molecule has 126 valence electrons. The quantitative estimate of drug-likeness (QED) is 0.853. The number of halogens is 3. The number of rotatable bonds is 5. The smallest absolute Gasteiger partial charge is 0.416 e. The van der Waals surface area contributed by atoms with Crippen molar-refractivity contribution in [2.45, 2.75) is 18.7 Å². The van der Waals surface area contributed by atoms with Crippen LogP contribution < -0.4 is 5.73 Å². The molecule has 24 heavy (non-hydrogen) atoms. The van der Waals surface area contributed by atoms with Gasteiger partial charge >= 0.3 is 12.1 Å². The predicted octanol–water partition coefficient (Wildman–Crippen LogP) is 3.02. The number of alkyl halides is 3. The van der Waals surface area contributed by atoms with Crippen molar-refractivity contribution >= 4 is 11.9 Å². The van der Waals surface area contributed by atoms with Gasteiger partial charge in [-0.3, -0.25) is 9.59 Å². The fourth-order valence-electron chi connectivity index (χ4n) is 2.12. The van der Waals surface area contributed by atoms with Crippen molar-refractivity contribution in [2.75, 3.05) is 0 Å². The van der Waals surface area contributed by atoms with Crippen molar-refractivity contribution < 1.29 is 27.5 Å². The molecular weight excluding hydrogens is 323 g/mol. The SMILES string of the molecule is NC(=O)C(OC(=O)Cc1cccc(C(F)(F)F)c1)c1ccccc1. The standard InChI is InChI=1S/C17H14F3NO3/c18-17(19,20)13-8-4-5-11(9-13)10-14(22)24-15(16(21)23)12-6-2-1-3-7-12/h1-9,15H,10H2,(H2,21,23). The topological polar surface area (TPSA) is 69.4 Å². The summed E-state index contributed by atoms with van der Waals surface area (Å²) in [6.45, 7) is 0. The van der Waals surface area contributed by atoms with Crippen LogP contribution in [0.2, 0.25) is 0 Å². The number of carbonyl (C=O) groups excluding carboxylic acids is 2. The van der Waals surface area contributed by atoms with Crippen molar-refractivity contribution in [3.63, 3.8) is 0 Å². The van der Waals surface area contributed by atoms with Crippen LogP contribution in [0.1, 0.15) is 22.8 Å². The Hall–Kier alpha value is -2.83. The second-order valence-electron chi connectivity index (χ2n) is 5.06. The first kappa shape index (κ1) is 17.5. The van der Waals surface area contributed by atoms with E-state index in [-0.39, 0.29) is 5.56 Å². The van der Waals surface area contributed by atoms with Crippen molar-refractivity contribution in [2.24, 2.45) is 5.73 Å². The lowest BCUT2D eigenvalue weighted by molar-refractivity contribution is -0.154. The Morgan fingerprint density at radius 2 is 1.71 bits per heavy atom. The minimum absolute atomic E-state index is 0.131. The summed E-state index contributed by atoms with van der Waals surface area (Å²) in [6.07, 6.45) is -6.19. The van der Waals surface area contributed by atoms with E-state index >= 15 is 0 Å². The van der Waals surface area contributed by atoms with Gasteiger partial charge in [0, 0.05) is 5.56 Å². The average Bonchev–Trinajstić information content (AvgIpc) is 2.52. The average molecular weight is 337 g/mol. The number of primary amides is 1. The summed E-state index contributed by atoms with van der Waals surface area (Å²) in [5.74, 6) is -1.71. The van der Waals surface area contributed by atoms with E-state index in [0.29, 0.717) is 5.56 Å². The maximum atomic E-state index is 12.7. The molecule has 1 amide bonds. The first-order chi connectivity index (χ1) is 11.3. The number of nitrogens with two attached hydrogens (primary N) is 1. The summed E-state index contributed by atoms with van der Waals surface area (Å²) in [4.78, 5) is 23.4. The highest BCUT2D eigenvalue weighted by atomic mass is 19.4. The van der Waals surface area contributed by atoms with Crippen molar-refractivity contribution in [3.05, 3.63) is 71.3 Å². The lowest BCUT2D eigenvalue weighted by Gasteiger charge is -2.15. The molecule has 0 saturated carbocycles. The molecule has 0 fully saturated rings. The van der Waals surface area contributed by atoms with E-state index in [0.717, 1.165) is 12.1 Å². The fraction of sp³-hybridized carbons (Fsp3) is 0.176. The largest absolute Gasteiger partial charge is 0.447 e. The van der Waals surface area contributed by atoms with Crippen LogP contribution >= 0.6 is 0 Å². The molecule has 1 atom stereocenters. The van der Waals surface area contributed by atoms with Crippen LogP contribution in [-0.2, 0) is 26.9 Å². The molecule has 7 heteroatoms.